The van der Waals surface area contributed by atoms with Crippen molar-refractivity contribution < 1.29 is 4.79 Å². The number of carbonyl (C=O) groups is 1. The summed E-state index contributed by atoms with van der Waals surface area (Å²) in [5.74, 6) is 6.14. The number of nitrogens with zero attached hydrogens (tertiary/aromatic N) is 1. The van der Waals surface area contributed by atoms with Gasteiger partial charge in [0.1, 0.15) is 29.2 Å². The zero-order chi connectivity index (χ0) is 14.0. The van der Waals surface area contributed by atoms with E-state index in [4.69, 9.17) is 0 Å². The number of pyridine rings is 1. The van der Waals surface area contributed by atoms with Crippen LogP contribution in [0, 0.1) is 11.8 Å². The Hall–Kier alpha value is -1.43. The Morgan fingerprint density at radius 2 is 1.83 bits per heavy atom. The summed E-state index contributed by atoms with van der Waals surface area (Å²) < 4.78 is 0. The predicted octanol–water partition coefficient (Wildman–Crippen LogP) is -0.484. The third kappa shape index (κ3) is 4.11. The molecule has 0 atom stereocenters. The lowest BCUT2D eigenvalue weighted by atomic mass is 9.43. The second kappa shape index (κ2) is 5.06. The molecule has 1 rings (SSSR count). The summed E-state index contributed by atoms with van der Waals surface area (Å²) in [4.78, 5) is 15.5. The highest BCUT2D eigenvalue weighted by Gasteiger charge is 2.16. The highest BCUT2D eigenvalue weighted by atomic mass is 16.1. The van der Waals surface area contributed by atoms with Crippen molar-refractivity contribution in [3.63, 3.8) is 0 Å². The normalized spacial score (nSPS) is 11.5. The van der Waals surface area contributed by atoms with E-state index in [-0.39, 0.29) is 10.5 Å². The maximum Gasteiger partial charge on any atom is 0.152 e. The Labute approximate surface area is 112 Å². The van der Waals surface area contributed by atoms with Gasteiger partial charge in [0.2, 0.25) is 0 Å². The molecule has 0 spiro atoms. The van der Waals surface area contributed by atoms with Gasteiger partial charge >= 0.3 is 0 Å². The molecule has 18 heavy (non-hydrogen) atoms. The topological polar surface area (TPSA) is 30.0 Å². The second-order valence-corrected chi connectivity index (χ2v) is 6.50. The molecule has 0 N–H and O–H groups in total. The molecular formula is C13H18B3NO. The second-order valence-electron chi connectivity index (χ2n) is 6.50. The molecule has 2 nitrogen and oxygen atoms in total. The van der Waals surface area contributed by atoms with Gasteiger partial charge in [-0.25, -0.2) is 4.98 Å². The average Bonchev–Trinajstić information content (AvgIpc) is 2.23. The van der Waals surface area contributed by atoms with Gasteiger partial charge in [-0.3, -0.25) is 4.79 Å². The van der Waals surface area contributed by atoms with E-state index in [0.29, 0.717) is 11.3 Å². The van der Waals surface area contributed by atoms with Crippen LogP contribution in [0.2, 0.25) is 5.11 Å². The highest BCUT2D eigenvalue weighted by molar-refractivity contribution is 6.61. The third-order valence-electron chi connectivity index (χ3n) is 2.38. The molecule has 0 bridgehead atoms. The lowest BCUT2D eigenvalue weighted by Crippen LogP contribution is -2.15. The number of aldehydes is 1. The van der Waals surface area contributed by atoms with Crippen molar-refractivity contribution in [1.82, 2.24) is 4.98 Å². The Bertz CT molecular complexity index is 516. The quantitative estimate of drug-likeness (QED) is 0.375. The van der Waals surface area contributed by atoms with Crippen molar-refractivity contribution in [3.05, 3.63) is 29.1 Å². The maximum atomic E-state index is 11.0. The molecule has 1 aromatic heterocycles. The van der Waals surface area contributed by atoms with Crippen LogP contribution >= 0.6 is 0 Å². The smallest absolute Gasteiger partial charge is 0.152 e. The van der Waals surface area contributed by atoms with Crippen molar-refractivity contribution in [2.45, 2.75) is 31.3 Å². The van der Waals surface area contributed by atoms with E-state index < -0.39 is 0 Å². The minimum atomic E-state index is -0.0976. The van der Waals surface area contributed by atoms with Gasteiger partial charge in [-0.1, -0.05) is 25.9 Å². The Kier molecular flexibility index (Phi) is 4.11. The summed E-state index contributed by atoms with van der Waals surface area (Å²) >= 11 is 0. The first kappa shape index (κ1) is 14.6. The average molecular weight is 237 g/mol. The van der Waals surface area contributed by atoms with Gasteiger partial charge in [0, 0.05) is 16.7 Å². The van der Waals surface area contributed by atoms with Crippen molar-refractivity contribution in [2.75, 3.05) is 0 Å². The number of carbonyl (C=O) groups excluding carboxylic acids is 1. The van der Waals surface area contributed by atoms with Crippen LogP contribution in [-0.2, 0) is 5.41 Å². The molecule has 0 saturated heterocycles. The molecule has 0 aliphatic carbocycles. The fourth-order valence-corrected chi connectivity index (χ4v) is 1.33. The minimum Gasteiger partial charge on any atom is -0.298 e. The standard InChI is InChI=1S/C13H18B3NO/c1-12(2,3)11-5-4-9(8-18)10(17-11)6-7-13(14,15)16/h4-5,8H,14-16H2,1-3H3. The van der Waals surface area contributed by atoms with Crippen LogP contribution in [0.3, 0.4) is 0 Å². The zero-order valence-electron chi connectivity index (χ0n) is 12.1. The molecule has 1 aromatic rings. The number of aromatic nitrogens is 1. The summed E-state index contributed by atoms with van der Waals surface area (Å²) in [6.07, 6.45) is 0.812. The minimum absolute atomic E-state index is 0.0421. The highest BCUT2D eigenvalue weighted by Crippen LogP contribution is 2.21. The molecule has 5 heteroatoms. The fraction of sp³-hybridized carbons (Fsp3) is 0.385. The number of hydrogen-bond acceptors (Lipinski definition) is 2. The molecular weight excluding hydrogens is 219 g/mol. The molecule has 1 heterocycles. The molecule has 0 aliphatic heterocycles. The van der Waals surface area contributed by atoms with Crippen LogP contribution in [0.5, 0.6) is 0 Å². The summed E-state index contributed by atoms with van der Waals surface area (Å²) in [6, 6.07) is 3.69. The van der Waals surface area contributed by atoms with Gasteiger partial charge in [-0.05, 0) is 18.1 Å². The van der Waals surface area contributed by atoms with Crippen molar-refractivity contribution >= 4 is 29.8 Å². The van der Waals surface area contributed by atoms with Gasteiger partial charge in [0.25, 0.3) is 0 Å². The van der Waals surface area contributed by atoms with Crippen molar-refractivity contribution in [3.8, 4) is 11.8 Å². The third-order valence-corrected chi connectivity index (χ3v) is 2.38. The summed E-state index contributed by atoms with van der Waals surface area (Å²) in [6.45, 7) is 6.28. The first-order chi connectivity index (χ1) is 8.13. The molecule has 0 fully saturated rings. The largest absolute Gasteiger partial charge is 0.298 e. The maximum absolute atomic E-state index is 11.0. The lowest BCUT2D eigenvalue weighted by Gasteiger charge is -2.18. The Morgan fingerprint density at radius 1 is 1.22 bits per heavy atom. The first-order valence-corrected chi connectivity index (χ1v) is 6.13. The van der Waals surface area contributed by atoms with E-state index in [1.807, 2.05) is 29.6 Å². The van der Waals surface area contributed by atoms with E-state index in [0.717, 1.165) is 12.0 Å². The molecule has 0 radical (unpaired) electrons. The van der Waals surface area contributed by atoms with Gasteiger partial charge in [-0.15, -0.1) is 5.92 Å². The van der Waals surface area contributed by atoms with Crippen molar-refractivity contribution in [2.24, 2.45) is 0 Å². The van der Waals surface area contributed by atoms with E-state index in [9.17, 15) is 4.79 Å². The summed E-state index contributed by atoms with van der Waals surface area (Å²) in [5.41, 5.74) is 2.04. The zero-order valence-corrected chi connectivity index (χ0v) is 12.1. The van der Waals surface area contributed by atoms with Crippen LogP contribution in [0.1, 0.15) is 42.5 Å². The Balaban J connectivity index is 3.31. The van der Waals surface area contributed by atoms with E-state index >= 15 is 0 Å². The fourth-order valence-electron chi connectivity index (χ4n) is 1.33. The molecule has 0 amide bonds. The number of hydrogen-bond donors (Lipinski definition) is 0. The van der Waals surface area contributed by atoms with Crippen LogP contribution in [0.25, 0.3) is 0 Å². The van der Waals surface area contributed by atoms with Gasteiger partial charge < -0.3 is 0 Å². The molecule has 0 saturated carbocycles. The van der Waals surface area contributed by atoms with Crippen LogP contribution < -0.4 is 0 Å². The number of rotatable bonds is 1. The lowest BCUT2D eigenvalue weighted by molar-refractivity contribution is 0.112. The van der Waals surface area contributed by atoms with Crippen LogP contribution in [0.4, 0.5) is 0 Å². The molecule has 90 valence electrons. The summed E-state index contributed by atoms with van der Waals surface area (Å²) in [7, 11) is 6.11. The van der Waals surface area contributed by atoms with E-state index in [2.05, 4.69) is 37.6 Å². The van der Waals surface area contributed by atoms with E-state index in [1.165, 1.54) is 0 Å². The van der Waals surface area contributed by atoms with Gasteiger partial charge in [-0.2, -0.15) is 0 Å². The van der Waals surface area contributed by atoms with E-state index in [1.54, 1.807) is 6.07 Å². The molecule has 0 aromatic carbocycles. The van der Waals surface area contributed by atoms with Crippen LogP contribution in [-0.4, -0.2) is 34.8 Å². The van der Waals surface area contributed by atoms with Gasteiger partial charge in [0.15, 0.2) is 6.29 Å². The van der Waals surface area contributed by atoms with Crippen molar-refractivity contribution in [1.29, 1.82) is 0 Å². The SMILES string of the molecule is BC(B)(B)C#Cc1nc(C(C)(C)C)ccc1C=O. The molecule has 0 unspecified atom stereocenters. The molecule has 0 aliphatic rings. The van der Waals surface area contributed by atoms with Crippen LogP contribution in [0.15, 0.2) is 12.1 Å². The predicted molar refractivity (Wildman–Crippen MR) is 83.5 cm³/mol. The summed E-state index contributed by atoms with van der Waals surface area (Å²) in [5, 5.41) is -0.0976. The Morgan fingerprint density at radius 3 is 2.28 bits per heavy atom. The monoisotopic (exact) mass is 237 g/mol. The first-order valence-electron chi connectivity index (χ1n) is 6.13. The van der Waals surface area contributed by atoms with Gasteiger partial charge in [0.05, 0.1) is 0 Å².